The summed E-state index contributed by atoms with van der Waals surface area (Å²) in [4.78, 5) is 11.4. The first-order valence-electron chi connectivity index (χ1n) is 6.83. The van der Waals surface area contributed by atoms with Crippen LogP contribution in [0.5, 0.6) is 0 Å². The van der Waals surface area contributed by atoms with Crippen LogP contribution in [0.2, 0.25) is 0 Å². The standard InChI is InChI=1S/C17H16ClNO2S/c18-17(20)12-11-14-7-6-10-16(13-14)22(21)19-15-8-4-2-1-3-5-9-15/h1-2,5-13,19H,3-4H2/b2-1-,9-5?,12-11+,15-8?. The van der Waals surface area contributed by atoms with Crippen LogP contribution in [-0.4, -0.2) is 9.80 Å². The molecule has 0 fully saturated rings. The van der Waals surface area contributed by atoms with Gasteiger partial charge in [-0.3, -0.25) is 4.79 Å². The number of carbonyl (C=O) groups excluding carboxylic acids is 1. The first-order chi connectivity index (χ1) is 10.6. The predicted molar refractivity (Wildman–Crippen MR) is 91.5 cm³/mol. The summed E-state index contributed by atoms with van der Waals surface area (Å²) in [6.45, 7) is 0. The normalized spacial score (nSPS) is 17.5. The van der Waals surface area contributed by atoms with Crippen molar-refractivity contribution in [2.75, 3.05) is 0 Å². The number of rotatable bonds is 5. The summed E-state index contributed by atoms with van der Waals surface area (Å²) in [6.07, 6.45) is 14.6. The molecule has 2 rings (SSSR count). The molecule has 1 aliphatic carbocycles. The van der Waals surface area contributed by atoms with Gasteiger partial charge >= 0.3 is 0 Å². The molecule has 1 aliphatic rings. The van der Waals surface area contributed by atoms with E-state index in [1.807, 2.05) is 24.3 Å². The molecule has 1 aromatic rings. The lowest BCUT2D eigenvalue weighted by Crippen LogP contribution is -2.22. The van der Waals surface area contributed by atoms with Gasteiger partial charge in [-0.05, 0) is 54.3 Å². The van der Waals surface area contributed by atoms with Crippen molar-refractivity contribution < 1.29 is 9.35 Å². The van der Waals surface area contributed by atoms with Crippen molar-refractivity contribution in [1.82, 2.24) is 4.72 Å². The summed E-state index contributed by atoms with van der Waals surface area (Å²) < 4.78 is 15.4. The molecule has 0 amide bonds. The van der Waals surface area contributed by atoms with Gasteiger partial charge in [-0.1, -0.05) is 36.4 Å². The molecule has 0 aromatic heterocycles. The van der Waals surface area contributed by atoms with Crippen LogP contribution in [0.25, 0.3) is 6.08 Å². The SMILES string of the molecule is O=C(Cl)/C=C/c1cccc([S+]([O-])NC2=CC/C=C\CC=C2)c1. The zero-order valence-corrected chi connectivity index (χ0v) is 13.4. The number of hydrogen-bond acceptors (Lipinski definition) is 3. The van der Waals surface area contributed by atoms with Crippen molar-refractivity contribution in [3.8, 4) is 0 Å². The highest BCUT2D eigenvalue weighted by Gasteiger charge is 2.12. The fourth-order valence-corrected chi connectivity index (χ4v) is 2.86. The van der Waals surface area contributed by atoms with Gasteiger partial charge in [-0.25, -0.2) is 4.72 Å². The molecular weight excluding hydrogens is 318 g/mol. The maximum atomic E-state index is 12.4. The van der Waals surface area contributed by atoms with Gasteiger partial charge in [0.2, 0.25) is 5.24 Å². The maximum Gasteiger partial charge on any atom is 0.245 e. The third kappa shape index (κ3) is 5.56. The highest BCUT2D eigenvalue weighted by Crippen LogP contribution is 2.15. The third-order valence-corrected chi connectivity index (χ3v) is 4.13. The number of allylic oxidation sites excluding steroid dienone is 6. The van der Waals surface area contributed by atoms with Gasteiger partial charge in [0.25, 0.3) is 0 Å². The van der Waals surface area contributed by atoms with Crippen molar-refractivity contribution in [2.45, 2.75) is 17.7 Å². The Balaban J connectivity index is 2.09. The van der Waals surface area contributed by atoms with Gasteiger partial charge in [0.15, 0.2) is 4.90 Å². The molecule has 3 nitrogen and oxygen atoms in total. The van der Waals surface area contributed by atoms with Gasteiger partial charge in [-0.2, -0.15) is 0 Å². The highest BCUT2D eigenvalue weighted by molar-refractivity contribution is 7.89. The molecule has 0 spiro atoms. The number of hydrogen-bond donors (Lipinski definition) is 1. The summed E-state index contributed by atoms with van der Waals surface area (Å²) in [5, 5.41) is -0.539. The van der Waals surface area contributed by atoms with Gasteiger partial charge in [0, 0.05) is 6.07 Å². The second-order valence-corrected chi connectivity index (χ2v) is 6.17. The number of halogens is 1. The van der Waals surface area contributed by atoms with Crippen molar-refractivity contribution >= 4 is 34.3 Å². The Hall–Kier alpha value is -1.75. The molecule has 22 heavy (non-hydrogen) atoms. The Labute approximate surface area is 138 Å². The molecule has 0 heterocycles. The van der Waals surface area contributed by atoms with E-state index in [1.165, 1.54) is 6.08 Å². The third-order valence-electron chi connectivity index (χ3n) is 2.90. The number of nitrogens with one attached hydrogen (secondary N) is 1. The zero-order chi connectivity index (χ0) is 15.8. The molecule has 1 atom stereocenters. The lowest BCUT2D eigenvalue weighted by molar-refractivity contribution is -0.107. The minimum Gasteiger partial charge on any atom is -0.588 e. The second-order valence-electron chi connectivity index (χ2n) is 4.59. The molecule has 0 saturated heterocycles. The molecule has 1 N–H and O–H groups in total. The summed E-state index contributed by atoms with van der Waals surface area (Å²) in [5.74, 6) is 0. The van der Waals surface area contributed by atoms with Gasteiger partial charge in [-0.15, -0.1) is 0 Å². The van der Waals surface area contributed by atoms with Crippen LogP contribution in [0, 0.1) is 0 Å². The van der Waals surface area contributed by atoms with Crippen LogP contribution in [0.4, 0.5) is 0 Å². The first kappa shape index (κ1) is 16.6. The molecule has 114 valence electrons. The van der Waals surface area contributed by atoms with E-state index >= 15 is 0 Å². The molecule has 0 aliphatic heterocycles. The largest absolute Gasteiger partial charge is 0.588 e. The lowest BCUT2D eigenvalue weighted by Gasteiger charge is -2.13. The molecule has 0 saturated carbocycles. The van der Waals surface area contributed by atoms with E-state index in [4.69, 9.17) is 11.6 Å². The average molecular weight is 334 g/mol. The van der Waals surface area contributed by atoms with Crippen LogP contribution < -0.4 is 4.72 Å². The highest BCUT2D eigenvalue weighted by atomic mass is 35.5. The van der Waals surface area contributed by atoms with E-state index in [2.05, 4.69) is 16.9 Å². The van der Waals surface area contributed by atoms with E-state index in [0.29, 0.717) is 4.90 Å². The van der Waals surface area contributed by atoms with Crippen molar-refractivity contribution in [3.05, 3.63) is 72.0 Å². The van der Waals surface area contributed by atoms with Crippen LogP contribution in [-0.2, 0) is 16.2 Å². The topological polar surface area (TPSA) is 52.2 Å². The summed E-state index contributed by atoms with van der Waals surface area (Å²) in [7, 11) is 0. The molecule has 0 radical (unpaired) electrons. The molecule has 1 aromatic carbocycles. The lowest BCUT2D eigenvalue weighted by atomic mass is 10.2. The van der Waals surface area contributed by atoms with Crippen LogP contribution in [0.15, 0.2) is 71.3 Å². The smallest absolute Gasteiger partial charge is 0.245 e. The van der Waals surface area contributed by atoms with Crippen LogP contribution in [0.1, 0.15) is 18.4 Å². The number of benzene rings is 1. The molecular formula is C17H16ClNO2S. The Bertz CT molecular complexity index is 650. The van der Waals surface area contributed by atoms with Crippen molar-refractivity contribution in [2.24, 2.45) is 0 Å². The Kier molecular flexibility index (Phi) is 6.52. The summed E-state index contributed by atoms with van der Waals surface area (Å²) >= 11 is 3.90. The van der Waals surface area contributed by atoms with E-state index in [0.717, 1.165) is 24.1 Å². The van der Waals surface area contributed by atoms with E-state index in [1.54, 1.807) is 24.3 Å². The van der Waals surface area contributed by atoms with Gasteiger partial charge in [0.05, 0.1) is 5.70 Å². The predicted octanol–water partition coefficient (Wildman–Crippen LogP) is 3.87. The Morgan fingerprint density at radius 3 is 2.91 bits per heavy atom. The molecule has 0 bridgehead atoms. The fourth-order valence-electron chi connectivity index (χ4n) is 1.87. The second kappa shape index (κ2) is 8.63. The zero-order valence-electron chi connectivity index (χ0n) is 11.9. The minimum absolute atomic E-state index is 0.539. The van der Waals surface area contributed by atoms with E-state index < -0.39 is 16.6 Å². The Morgan fingerprint density at radius 2 is 2.09 bits per heavy atom. The quantitative estimate of drug-likeness (QED) is 0.385. The molecule has 5 heteroatoms. The fraction of sp³-hybridized carbons (Fsp3) is 0.118. The van der Waals surface area contributed by atoms with Gasteiger partial charge in [0.1, 0.15) is 11.4 Å². The van der Waals surface area contributed by atoms with Gasteiger partial charge < -0.3 is 4.55 Å². The summed E-state index contributed by atoms with van der Waals surface area (Å²) in [5.41, 5.74) is 1.60. The monoisotopic (exact) mass is 333 g/mol. The molecule has 1 unspecified atom stereocenters. The van der Waals surface area contributed by atoms with Crippen LogP contribution >= 0.6 is 11.6 Å². The number of carbonyl (C=O) groups is 1. The van der Waals surface area contributed by atoms with E-state index in [9.17, 15) is 9.35 Å². The van der Waals surface area contributed by atoms with Crippen molar-refractivity contribution in [1.29, 1.82) is 0 Å². The van der Waals surface area contributed by atoms with E-state index in [-0.39, 0.29) is 0 Å². The average Bonchev–Trinajstić information content (AvgIpc) is 2.48. The Morgan fingerprint density at radius 1 is 1.27 bits per heavy atom. The van der Waals surface area contributed by atoms with Crippen LogP contribution in [0.3, 0.4) is 0 Å². The minimum atomic E-state index is -1.36. The first-order valence-corrected chi connectivity index (χ1v) is 8.35. The maximum absolute atomic E-state index is 12.4. The summed E-state index contributed by atoms with van der Waals surface area (Å²) in [6, 6.07) is 7.14. The van der Waals surface area contributed by atoms with Crippen molar-refractivity contribution in [3.63, 3.8) is 0 Å².